The van der Waals surface area contributed by atoms with Gasteiger partial charge in [0, 0.05) is 24.5 Å². The Balaban J connectivity index is 1.49. The molecule has 1 fully saturated rings. The number of rotatable bonds is 5. The summed E-state index contributed by atoms with van der Waals surface area (Å²) in [6, 6.07) is 11.4. The maximum Gasteiger partial charge on any atom is 0.312 e. The number of amides is 2. The summed E-state index contributed by atoms with van der Waals surface area (Å²) < 4.78 is 27.1. The third-order valence-corrected chi connectivity index (χ3v) is 6.25. The first-order valence-corrected chi connectivity index (χ1v) is 11.5. The number of fused-ring (bicyclic) bond motifs is 1. The minimum Gasteiger partial charge on any atom is -0.494 e. The minimum absolute atomic E-state index is 0.0533. The number of methoxy groups -OCH3 is 1. The molecule has 0 saturated carbocycles. The van der Waals surface area contributed by atoms with Gasteiger partial charge in [-0.3, -0.25) is 19.0 Å². The van der Waals surface area contributed by atoms with Gasteiger partial charge in [0.1, 0.15) is 11.6 Å². The van der Waals surface area contributed by atoms with E-state index < -0.39 is 17.6 Å². The second kappa shape index (κ2) is 9.65. The number of aromatic nitrogens is 3. The molecule has 1 aliphatic rings. The van der Waals surface area contributed by atoms with E-state index in [0.29, 0.717) is 30.2 Å². The number of hydrogen-bond donors (Lipinski definition) is 1. The molecule has 184 valence electrons. The third-order valence-electron chi connectivity index (χ3n) is 6.25. The number of imidazole rings is 1. The van der Waals surface area contributed by atoms with Crippen LogP contribution in [0.25, 0.3) is 16.8 Å². The van der Waals surface area contributed by atoms with E-state index in [9.17, 15) is 14.0 Å². The Morgan fingerprint density at radius 3 is 2.64 bits per heavy atom. The van der Waals surface area contributed by atoms with Gasteiger partial charge in [-0.2, -0.15) is 4.39 Å². The van der Waals surface area contributed by atoms with Crippen LogP contribution in [0.3, 0.4) is 0 Å². The van der Waals surface area contributed by atoms with Crippen LogP contribution < -0.4 is 15.2 Å². The molecule has 1 atom stereocenters. The van der Waals surface area contributed by atoms with Crippen LogP contribution in [0, 0.1) is 5.82 Å². The van der Waals surface area contributed by atoms with Gasteiger partial charge in [0.2, 0.25) is 5.82 Å². The van der Waals surface area contributed by atoms with Crippen LogP contribution in [-0.2, 0) is 9.59 Å². The summed E-state index contributed by atoms with van der Waals surface area (Å²) in [4.78, 5) is 34.8. The van der Waals surface area contributed by atoms with Crippen molar-refractivity contribution in [3.8, 4) is 28.5 Å². The zero-order chi connectivity index (χ0) is 25.2. The molecule has 4 aromatic rings. The van der Waals surface area contributed by atoms with Gasteiger partial charge >= 0.3 is 11.8 Å². The van der Waals surface area contributed by atoms with Crippen molar-refractivity contribution in [2.75, 3.05) is 13.7 Å². The second-order valence-electron chi connectivity index (χ2n) is 8.42. The molecule has 2 aromatic carbocycles. The van der Waals surface area contributed by atoms with Gasteiger partial charge in [-0.25, -0.2) is 4.98 Å². The Kier molecular flexibility index (Phi) is 6.24. The first-order chi connectivity index (χ1) is 17.5. The Bertz CT molecular complexity index is 1440. The molecule has 1 saturated heterocycles. The van der Waals surface area contributed by atoms with Crippen LogP contribution in [0.1, 0.15) is 31.1 Å². The van der Waals surface area contributed by atoms with Crippen molar-refractivity contribution in [1.29, 1.82) is 0 Å². The summed E-state index contributed by atoms with van der Waals surface area (Å²) in [5, 5.41) is 0. The topological polar surface area (TPSA) is 112 Å². The molecule has 0 spiro atoms. The molecule has 5 rings (SSSR count). The Labute approximate surface area is 206 Å². The summed E-state index contributed by atoms with van der Waals surface area (Å²) in [5.41, 5.74) is 7.50. The fourth-order valence-corrected chi connectivity index (χ4v) is 4.53. The molecule has 0 radical (unpaired) electrons. The molecule has 0 unspecified atom stereocenters. The smallest absolute Gasteiger partial charge is 0.312 e. The SMILES string of the molecule is COc1cccc(Oc2ccc(-c3nc([C@@H]4CCCCN4C(=O)C(N)=O)n4ccncc34)cc2)c1F. The van der Waals surface area contributed by atoms with Crippen LogP contribution >= 0.6 is 0 Å². The highest BCUT2D eigenvalue weighted by atomic mass is 19.1. The van der Waals surface area contributed by atoms with Gasteiger partial charge in [0.05, 0.1) is 30.6 Å². The van der Waals surface area contributed by atoms with Crippen molar-refractivity contribution in [3.63, 3.8) is 0 Å². The van der Waals surface area contributed by atoms with Crippen molar-refractivity contribution in [3.05, 3.63) is 72.7 Å². The number of nitrogens with two attached hydrogens (primary N) is 1. The first-order valence-electron chi connectivity index (χ1n) is 11.5. The molecule has 36 heavy (non-hydrogen) atoms. The van der Waals surface area contributed by atoms with Gasteiger partial charge < -0.3 is 20.1 Å². The zero-order valence-electron chi connectivity index (χ0n) is 19.6. The summed E-state index contributed by atoms with van der Waals surface area (Å²) in [6.07, 6.45) is 7.48. The number of piperidine rings is 1. The lowest BCUT2D eigenvalue weighted by molar-refractivity contribution is -0.147. The van der Waals surface area contributed by atoms with Crippen molar-refractivity contribution in [2.45, 2.75) is 25.3 Å². The number of halogens is 1. The summed E-state index contributed by atoms with van der Waals surface area (Å²) in [7, 11) is 1.39. The lowest BCUT2D eigenvalue weighted by atomic mass is 10.0. The van der Waals surface area contributed by atoms with Gasteiger partial charge in [0.25, 0.3) is 0 Å². The average Bonchev–Trinajstić information content (AvgIpc) is 3.29. The predicted molar refractivity (Wildman–Crippen MR) is 129 cm³/mol. The molecule has 0 bridgehead atoms. The van der Waals surface area contributed by atoms with Crippen molar-refractivity contribution in [2.24, 2.45) is 5.73 Å². The number of primary amides is 1. The van der Waals surface area contributed by atoms with Crippen LogP contribution in [0.15, 0.2) is 61.1 Å². The molecule has 9 nitrogen and oxygen atoms in total. The van der Waals surface area contributed by atoms with Crippen LogP contribution in [0.4, 0.5) is 4.39 Å². The lowest BCUT2D eigenvalue weighted by Crippen LogP contribution is -2.45. The standard InChI is InChI=1S/C26H24FN5O4/c1-35-20-6-4-7-21(22(20)27)36-17-10-8-16(9-11-17)23-19-15-29-12-14-31(19)25(30-23)18-5-2-3-13-32(18)26(34)24(28)33/h4,6-12,14-15,18H,2-3,5,13H2,1H3,(H2,28,33)/t18-/m0/s1. The molecule has 0 aliphatic carbocycles. The number of hydrogen-bond acceptors (Lipinski definition) is 6. The van der Waals surface area contributed by atoms with E-state index in [1.807, 2.05) is 16.5 Å². The van der Waals surface area contributed by atoms with Crippen molar-refractivity contribution < 1.29 is 23.5 Å². The number of benzene rings is 2. The van der Waals surface area contributed by atoms with Gasteiger partial charge in [-0.15, -0.1) is 0 Å². The third kappa shape index (κ3) is 4.21. The van der Waals surface area contributed by atoms with Crippen molar-refractivity contribution >= 4 is 17.3 Å². The zero-order valence-corrected chi connectivity index (χ0v) is 19.6. The fourth-order valence-electron chi connectivity index (χ4n) is 4.53. The number of carbonyl (C=O) groups excluding carboxylic acids is 2. The molecule has 10 heteroatoms. The highest BCUT2D eigenvalue weighted by molar-refractivity contribution is 6.34. The normalized spacial score (nSPS) is 15.6. The van der Waals surface area contributed by atoms with E-state index in [0.717, 1.165) is 23.9 Å². The molecular weight excluding hydrogens is 465 g/mol. The number of nitrogens with zero attached hydrogens (tertiary/aromatic N) is 4. The molecule has 2 amide bonds. The highest BCUT2D eigenvalue weighted by Crippen LogP contribution is 2.35. The maximum atomic E-state index is 14.5. The highest BCUT2D eigenvalue weighted by Gasteiger charge is 2.34. The summed E-state index contributed by atoms with van der Waals surface area (Å²) in [6.45, 7) is 0.439. The molecule has 1 aliphatic heterocycles. The van der Waals surface area contributed by atoms with E-state index in [2.05, 4.69) is 4.98 Å². The Hall–Kier alpha value is -4.47. The molecule has 2 N–H and O–H groups in total. The summed E-state index contributed by atoms with van der Waals surface area (Å²) >= 11 is 0. The maximum absolute atomic E-state index is 14.5. The van der Waals surface area contributed by atoms with Gasteiger partial charge in [-0.05, 0) is 55.7 Å². The first kappa shape index (κ1) is 23.3. The molecular formula is C26H24FN5O4. The second-order valence-corrected chi connectivity index (χ2v) is 8.42. The van der Waals surface area contributed by atoms with Crippen LogP contribution in [0.5, 0.6) is 17.2 Å². The monoisotopic (exact) mass is 489 g/mol. The Morgan fingerprint density at radius 1 is 1.11 bits per heavy atom. The number of carbonyl (C=O) groups is 2. The van der Waals surface area contributed by atoms with Crippen LogP contribution in [-0.4, -0.2) is 44.7 Å². The quantitative estimate of drug-likeness (QED) is 0.426. The van der Waals surface area contributed by atoms with E-state index in [4.69, 9.17) is 20.2 Å². The lowest BCUT2D eigenvalue weighted by Gasteiger charge is -2.34. The van der Waals surface area contributed by atoms with Crippen molar-refractivity contribution in [1.82, 2.24) is 19.3 Å². The largest absolute Gasteiger partial charge is 0.494 e. The van der Waals surface area contributed by atoms with Crippen LogP contribution in [0.2, 0.25) is 0 Å². The summed E-state index contributed by atoms with van der Waals surface area (Å²) in [5.74, 6) is -1.04. The van der Waals surface area contributed by atoms with E-state index in [1.165, 1.54) is 24.1 Å². The minimum atomic E-state index is -0.979. The van der Waals surface area contributed by atoms with E-state index in [-0.39, 0.29) is 17.5 Å². The molecule has 3 heterocycles. The number of likely N-dealkylation sites (tertiary alicyclic amines) is 1. The Morgan fingerprint density at radius 2 is 1.89 bits per heavy atom. The van der Waals surface area contributed by atoms with Gasteiger partial charge in [0.15, 0.2) is 11.5 Å². The molecule has 2 aromatic heterocycles. The fraction of sp³-hybridized carbons (Fsp3) is 0.231. The average molecular weight is 490 g/mol. The van der Waals surface area contributed by atoms with Gasteiger partial charge in [-0.1, -0.05) is 6.07 Å². The van der Waals surface area contributed by atoms with E-state index >= 15 is 0 Å². The predicted octanol–water partition coefficient (Wildman–Crippen LogP) is 3.88. The van der Waals surface area contributed by atoms with E-state index in [1.54, 1.807) is 36.8 Å². The number of ether oxygens (including phenoxy) is 2.